The number of carbonyl (C=O) groups is 9. The van der Waals surface area contributed by atoms with Gasteiger partial charge in [0.2, 0.25) is 17.7 Å². The molecule has 6 aromatic carbocycles. The molecule has 6 heterocycles. The first kappa shape index (κ1) is 79.8. The van der Waals surface area contributed by atoms with Crippen molar-refractivity contribution in [3.8, 4) is 51.3 Å². The molecule has 2 fully saturated rings. The number of hydrogen-bond donors (Lipinski definition) is 4. The number of ketones is 3. The van der Waals surface area contributed by atoms with E-state index in [4.69, 9.17) is 34.2 Å². The maximum Gasteiger partial charge on any atom is 0.416 e. The van der Waals surface area contributed by atoms with Crippen LogP contribution in [0.4, 0.5) is 16.2 Å². The van der Waals surface area contributed by atoms with Crippen molar-refractivity contribution in [2.75, 3.05) is 64.0 Å². The second-order valence-corrected chi connectivity index (χ2v) is 31.0. The number of aryl methyl sites for hydroxylation is 1. The highest BCUT2D eigenvalue weighted by Crippen LogP contribution is 2.57. The minimum absolute atomic E-state index is 0.00269. The lowest BCUT2D eigenvalue weighted by molar-refractivity contribution is -0.133. The van der Waals surface area contributed by atoms with Crippen molar-refractivity contribution in [1.82, 2.24) is 35.4 Å². The number of aliphatic hydroxyl groups is 1. The van der Waals surface area contributed by atoms with Crippen LogP contribution in [0.5, 0.6) is 28.7 Å². The van der Waals surface area contributed by atoms with E-state index < -0.39 is 47.9 Å². The molecule has 6 amide bonds. The molecule has 1 aromatic heterocycles. The summed E-state index contributed by atoms with van der Waals surface area (Å²) in [6.07, 6.45) is 4.92. The molecule has 5 N–H and O–H groups in total. The number of nitrogens with two attached hydrogens (primary N) is 1. The van der Waals surface area contributed by atoms with Crippen LogP contribution in [0.2, 0.25) is 0 Å². The molecular weight excluding hydrogens is 1440 g/mol. The van der Waals surface area contributed by atoms with Crippen molar-refractivity contribution in [3.63, 3.8) is 0 Å². The number of anilines is 2. The highest BCUT2D eigenvalue weighted by molar-refractivity contribution is 6.07. The molecule has 0 bridgehead atoms. The Morgan fingerprint density at radius 1 is 0.699 bits per heavy atom. The zero-order valence-corrected chi connectivity index (χ0v) is 65.2. The van der Waals surface area contributed by atoms with Gasteiger partial charge in [-0.2, -0.15) is 0 Å². The van der Waals surface area contributed by atoms with Crippen LogP contribution in [0.3, 0.4) is 0 Å². The van der Waals surface area contributed by atoms with Crippen molar-refractivity contribution in [2.24, 2.45) is 23.0 Å². The van der Waals surface area contributed by atoms with Crippen LogP contribution in [0.1, 0.15) is 172 Å². The van der Waals surface area contributed by atoms with Gasteiger partial charge in [-0.1, -0.05) is 97.9 Å². The molecule has 594 valence electrons. The van der Waals surface area contributed by atoms with Gasteiger partial charge in [-0.3, -0.25) is 38.4 Å². The van der Waals surface area contributed by atoms with Crippen LogP contribution in [0.25, 0.3) is 28.1 Å². The van der Waals surface area contributed by atoms with Crippen LogP contribution in [-0.4, -0.2) is 161 Å². The van der Waals surface area contributed by atoms with Gasteiger partial charge in [-0.05, 0) is 159 Å². The molecule has 1 spiro atoms. The second-order valence-electron chi connectivity index (χ2n) is 31.0. The van der Waals surface area contributed by atoms with E-state index in [1.165, 1.54) is 26.4 Å². The van der Waals surface area contributed by atoms with Gasteiger partial charge in [-0.15, -0.1) is 5.10 Å². The van der Waals surface area contributed by atoms with Gasteiger partial charge in [0.25, 0.3) is 11.8 Å². The number of benzene rings is 6. The van der Waals surface area contributed by atoms with E-state index in [0.717, 1.165) is 81.1 Å². The number of methoxy groups -OCH3 is 3. The molecule has 7 aromatic rings. The number of nitrogens with zero attached hydrogens (tertiary/aromatic N) is 7. The fourth-order valence-corrected chi connectivity index (χ4v) is 16.0. The minimum Gasteiger partial charge on any atom is -0.497 e. The van der Waals surface area contributed by atoms with Crippen LogP contribution in [0, 0.1) is 17.3 Å². The standard InChI is InChI=1S/C87H100N10O16/c1-52(2)66(42-62(99)47-89-78(101)32-28-61(98)29-33-79(102)94-48-58-15-8-9-16-64(58)80-81(97(53(3)4)92-91-80)65-17-10-11-19-70(65)94)82(103)90-69(18-12-13-36-88)73(100)39-54-20-22-55(23-21-54)50-113-86(107)96-71-45-77(75(110-7)44-68(71)84(105)95-51-87(34-35-87)46-72(95)85(96)106)112-38-14-37-111-76-41-57-24-27-60-40-59(56-25-30-63(108-5)31-26-56)49-93(60)83(104)67(57)43-74(76)109-6/h8-11,15-17,19-23,25-26,30-31,41,43-45,49,52-53,60,66,69,72,85,106H,12-14,18,24,27-29,32-40,42,46-48,50-51,88H2,1-7H3,(H,89,101)(H,90,103)/t60-,66+,69+,72+,85?/m1/s1. The average Bonchev–Trinajstić information content (AvgIpc) is 1.58. The first-order chi connectivity index (χ1) is 54.6. The van der Waals surface area contributed by atoms with E-state index in [2.05, 4.69) is 20.9 Å². The first-order valence-corrected chi connectivity index (χ1v) is 39.2. The predicted molar refractivity (Wildman–Crippen MR) is 422 cm³/mol. The lowest BCUT2D eigenvalue weighted by Crippen LogP contribution is -2.50. The van der Waals surface area contributed by atoms with Gasteiger partial charge >= 0.3 is 6.09 Å². The van der Waals surface area contributed by atoms with Gasteiger partial charge in [0.1, 0.15) is 23.8 Å². The van der Waals surface area contributed by atoms with Crippen molar-refractivity contribution >= 4 is 69.9 Å². The minimum atomic E-state index is -1.49. The van der Waals surface area contributed by atoms with Gasteiger partial charge < -0.3 is 64.6 Å². The number of rotatable bonds is 33. The number of amides is 6. The average molecular weight is 1540 g/mol. The zero-order valence-electron chi connectivity index (χ0n) is 65.2. The molecule has 13 rings (SSSR count). The molecule has 0 radical (unpaired) electrons. The van der Waals surface area contributed by atoms with E-state index in [1.54, 1.807) is 61.1 Å². The van der Waals surface area contributed by atoms with E-state index in [0.29, 0.717) is 85.5 Å². The fraction of sp³-hybridized carbons (Fsp3) is 0.437. The van der Waals surface area contributed by atoms with Crippen molar-refractivity contribution in [2.45, 2.75) is 174 Å². The van der Waals surface area contributed by atoms with Crippen molar-refractivity contribution < 1.29 is 76.7 Å². The summed E-state index contributed by atoms with van der Waals surface area (Å²) < 4.78 is 37.4. The largest absolute Gasteiger partial charge is 0.497 e. The molecule has 1 saturated heterocycles. The van der Waals surface area contributed by atoms with Crippen molar-refractivity contribution in [1.29, 1.82) is 0 Å². The number of hydrogen-bond acceptors (Lipinski definition) is 19. The van der Waals surface area contributed by atoms with Gasteiger partial charge in [-0.25, -0.2) is 14.4 Å². The second kappa shape index (κ2) is 35.2. The smallest absolute Gasteiger partial charge is 0.416 e. The van der Waals surface area contributed by atoms with Crippen LogP contribution in [0.15, 0.2) is 128 Å². The molecule has 26 nitrogen and oxygen atoms in total. The number of aromatic nitrogens is 3. The van der Waals surface area contributed by atoms with Gasteiger partial charge in [0.05, 0.1) is 82.3 Å². The van der Waals surface area contributed by atoms with Crippen LogP contribution >= 0.6 is 0 Å². The Hall–Kier alpha value is -11.3. The summed E-state index contributed by atoms with van der Waals surface area (Å²) in [6, 6.07) is 35.0. The molecule has 5 aliphatic heterocycles. The number of aliphatic hydroxyl groups excluding tert-OH is 1. The molecule has 26 heteroatoms. The number of Topliss-reactive ketones (excluding diaryl/α,β-unsaturated/α-hetero) is 3. The normalized spacial score (nSPS) is 17.5. The Morgan fingerprint density at radius 2 is 1.39 bits per heavy atom. The summed E-state index contributed by atoms with van der Waals surface area (Å²) in [4.78, 5) is 132. The predicted octanol–water partition coefficient (Wildman–Crippen LogP) is 11.5. The first-order valence-electron chi connectivity index (χ1n) is 39.2. The lowest BCUT2D eigenvalue weighted by atomic mass is 9.89. The number of unbranched alkanes of at least 4 members (excludes halogenated alkanes) is 1. The van der Waals surface area contributed by atoms with E-state index >= 15 is 0 Å². The molecular formula is C87H100N10O16. The summed E-state index contributed by atoms with van der Waals surface area (Å²) in [7, 11) is 4.62. The number of carbonyl (C=O) groups excluding carboxylic acids is 9. The van der Waals surface area contributed by atoms with E-state index in [1.807, 2.05) is 108 Å². The fourth-order valence-electron chi connectivity index (χ4n) is 16.0. The lowest BCUT2D eigenvalue weighted by Gasteiger charge is -2.31. The summed E-state index contributed by atoms with van der Waals surface area (Å²) >= 11 is 0. The van der Waals surface area contributed by atoms with E-state index in [-0.39, 0.29) is 147 Å². The van der Waals surface area contributed by atoms with Crippen LogP contribution < -0.4 is 49.9 Å². The molecule has 113 heavy (non-hydrogen) atoms. The van der Waals surface area contributed by atoms with Gasteiger partial charge in [0, 0.05) is 98.4 Å². The van der Waals surface area contributed by atoms with Gasteiger partial charge in [0.15, 0.2) is 40.8 Å². The third-order valence-corrected chi connectivity index (χ3v) is 22.6. The summed E-state index contributed by atoms with van der Waals surface area (Å²) in [5.74, 6) is -1.82. The number of ether oxygens (including phenoxy) is 6. The Balaban J connectivity index is 0.589. The topological polar surface area (TPSA) is 323 Å². The quantitative estimate of drug-likeness (QED) is 0.0278. The van der Waals surface area contributed by atoms with E-state index in [9.17, 15) is 48.3 Å². The molecule has 1 aliphatic carbocycles. The Morgan fingerprint density at radius 3 is 2.09 bits per heavy atom. The molecule has 1 saturated carbocycles. The number of fused-ring (bicyclic) bond motifs is 9. The highest BCUT2D eigenvalue weighted by Gasteiger charge is 2.58. The third kappa shape index (κ3) is 17.8. The number of para-hydroxylation sites is 1. The molecule has 1 unspecified atom stereocenters. The third-order valence-electron chi connectivity index (χ3n) is 22.6. The summed E-state index contributed by atoms with van der Waals surface area (Å²) in [6.45, 7) is 8.35. The highest BCUT2D eigenvalue weighted by atomic mass is 16.6. The maximum atomic E-state index is 14.6. The molecule has 6 aliphatic rings. The summed E-state index contributed by atoms with van der Waals surface area (Å²) in [5.41, 5.74) is 15.3. The van der Waals surface area contributed by atoms with Crippen molar-refractivity contribution in [3.05, 3.63) is 166 Å². The van der Waals surface area contributed by atoms with Crippen LogP contribution in [-0.2, 0) is 59.5 Å². The molecule has 5 atom stereocenters. The summed E-state index contributed by atoms with van der Waals surface area (Å²) in [5, 5.41) is 26.9. The Kier molecular flexibility index (Phi) is 24.9. The monoisotopic (exact) mass is 1540 g/mol. The number of nitrogens with one attached hydrogen (secondary N) is 2. The zero-order chi connectivity index (χ0) is 79.8. The Labute approximate surface area is 657 Å². The maximum absolute atomic E-state index is 14.6. The Bertz CT molecular complexity index is 4780. The SMILES string of the molecule is COc1ccc(C2=CN3C(=O)c4cc(OC)c(OCCCOc5cc6c(cc5OC)C(=O)N5CC7(CC7)C[C@H]5C(O)N6C(=O)OCc5ccc(CC(=O)[C@H](CCCCN)NC(=O)[C@@H](CC(=O)CNC(=O)CCC(=O)CCC(=O)N6Cc7ccccc7-c7nnn(C(C)C)c7-c7ccccc76)C(C)C)cc5)cc4CC[C@@H]3C2)cc1.